The molecule has 0 bridgehead atoms. The van der Waals surface area contributed by atoms with E-state index in [1.54, 1.807) is 4.90 Å². The summed E-state index contributed by atoms with van der Waals surface area (Å²) in [4.78, 5) is 18.3. The second-order valence-electron chi connectivity index (χ2n) is 5.14. The van der Waals surface area contributed by atoms with Crippen LogP contribution >= 0.6 is 0 Å². The number of benzene rings is 1. The van der Waals surface area contributed by atoms with Crippen LogP contribution in [0.3, 0.4) is 0 Å². The first-order valence-electron chi connectivity index (χ1n) is 6.51. The summed E-state index contributed by atoms with van der Waals surface area (Å²) < 4.78 is 5.22. The molecule has 96 valence electrons. The molecule has 1 amide bonds. The summed E-state index contributed by atoms with van der Waals surface area (Å²) in [5.74, 6) is 1.84. The lowest BCUT2D eigenvalue weighted by molar-refractivity contribution is 0.0748. The molecule has 1 aliphatic heterocycles. The highest BCUT2D eigenvalue weighted by atomic mass is 16.5. The largest absolute Gasteiger partial charge is 0.337 e. The molecule has 1 fully saturated rings. The third-order valence-corrected chi connectivity index (χ3v) is 3.65. The van der Waals surface area contributed by atoms with Gasteiger partial charge in [0.2, 0.25) is 5.89 Å². The SMILES string of the molecule is O=C1c2ccccc2CN1Cc1nc(C2CC2)no1. The van der Waals surface area contributed by atoms with Gasteiger partial charge in [0.25, 0.3) is 5.91 Å². The van der Waals surface area contributed by atoms with Gasteiger partial charge in [-0.3, -0.25) is 4.79 Å². The number of amides is 1. The Balaban J connectivity index is 1.53. The zero-order valence-electron chi connectivity index (χ0n) is 10.4. The maximum atomic E-state index is 12.2. The van der Waals surface area contributed by atoms with Crippen molar-refractivity contribution in [1.82, 2.24) is 15.0 Å². The van der Waals surface area contributed by atoms with Gasteiger partial charge in [-0.2, -0.15) is 4.98 Å². The van der Waals surface area contributed by atoms with Gasteiger partial charge in [-0.15, -0.1) is 0 Å². The molecular weight excluding hydrogens is 242 g/mol. The van der Waals surface area contributed by atoms with Crippen LogP contribution in [0.4, 0.5) is 0 Å². The van der Waals surface area contributed by atoms with E-state index in [2.05, 4.69) is 10.1 Å². The van der Waals surface area contributed by atoms with E-state index in [9.17, 15) is 4.79 Å². The molecule has 0 spiro atoms. The fraction of sp³-hybridized carbons (Fsp3) is 0.357. The highest BCUT2D eigenvalue weighted by Crippen LogP contribution is 2.38. The number of nitrogens with zero attached hydrogens (tertiary/aromatic N) is 3. The molecule has 0 atom stereocenters. The number of fused-ring (bicyclic) bond motifs is 1. The van der Waals surface area contributed by atoms with Crippen molar-refractivity contribution in [2.75, 3.05) is 0 Å². The smallest absolute Gasteiger partial charge is 0.254 e. The predicted octanol–water partition coefficient (Wildman–Crippen LogP) is 2.10. The van der Waals surface area contributed by atoms with E-state index in [0.717, 1.165) is 29.8 Å². The highest BCUT2D eigenvalue weighted by molar-refractivity contribution is 5.98. The van der Waals surface area contributed by atoms with E-state index in [0.29, 0.717) is 24.9 Å². The van der Waals surface area contributed by atoms with Crippen LogP contribution in [0.1, 0.15) is 46.4 Å². The monoisotopic (exact) mass is 255 g/mol. The van der Waals surface area contributed by atoms with Gasteiger partial charge >= 0.3 is 0 Å². The van der Waals surface area contributed by atoms with Gasteiger partial charge in [-0.05, 0) is 24.5 Å². The van der Waals surface area contributed by atoms with Crippen molar-refractivity contribution in [3.8, 4) is 0 Å². The zero-order valence-corrected chi connectivity index (χ0v) is 10.4. The van der Waals surface area contributed by atoms with E-state index in [1.807, 2.05) is 24.3 Å². The maximum absolute atomic E-state index is 12.2. The number of rotatable bonds is 3. The van der Waals surface area contributed by atoms with Crippen LogP contribution < -0.4 is 0 Å². The van der Waals surface area contributed by atoms with Crippen LogP contribution in [0.25, 0.3) is 0 Å². The number of aromatic nitrogens is 2. The fourth-order valence-corrected chi connectivity index (χ4v) is 2.45. The third kappa shape index (κ3) is 1.82. The molecular formula is C14H13N3O2. The van der Waals surface area contributed by atoms with E-state index >= 15 is 0 Å². The van der Waals surface area contributed by atoms with Gasteiger partial charge in [0.05, 0.1) is 0 Å². The summed E-state index contributed by atoms with van der Waals surface area (Å²) in [5, 5.41) is 3.97. The molecule has 1 aliphatic carbocycles. The first-order chi connectivity index (χ1) is 9.31. The summed E-state index contributed by atoms with van der Waals surface area (Å²) in [6.07, 6.45) is 2.29. The molecule has 1 aromatic carbocycles. The summed E-state index contributed by atoms with van der Waals surface area (Å²) in [6.45, 7) is 1.02. The van der Waals surface area contributed by atoms with Crippen LogP contribution in [0, 0.1) is 0 Å². The normalized spacial score (nSPS) is 17.9. The summed E-state index contributed by atoms with van der Waals surface area (Å²) in [6, 6.07) is 7.68. The minimum Gasteiger partial charge on any atom is -0.337 e. The second-order valence-corrected chi connectivity index (χ2v) is 5.14. The average molecular weight is 255 g/mol. The molecule has 2 aliphatic rings. The van der Waals surface area contributed by atoms with Crippen LogP contribution in [0.15, 0.2) is 28.8 Å². The predicted molar refractivity (Wildman–Crippen MR) is 66.3 cm³/mol. The lowest BCUT2D eigenvalue weighted by Gasteiger charge is -2.11. The van der Waals surface area contributed by atoms with Crippen molar-refractivity contribution in [2.45, 2.75) is 31.8 Å². The number of hydrogen-bond donors (Lipinski definition) is 0. The molecule has 0 saturated heterocycles. The Morgan fingerprint density at radius 1 is 1.32 bits per heavy atom. The zero-order chi connectivity index (χ0) is 12.8. The molecule has 0 unspecified atom stereocenters. The van der Waals surface area contributed by atoms with E-state index in [4.69, 9.17) is 4.52 Å². The molecule has 19 heavy (non-hydrogen) atoms. The molecule has 1 saturated carbocycles. The average Bonchev–Trinajstić information content (AvgIpc) is 3.10. The Morgan fingerprint density at radius 2 is 2.16 bits per heavy atom. The fourth-order valence-electron chi connectivity index (χ4n) is 2.45. The minimum atomic E-state index is 0.0433. The van der Waals surface area contributed by atoms with Crippen molar-refractivity contribution in [2.24, 2.45) is 0 Å². The first kappa shape index (κ1) is 10.7. The van der Waals surface area contributed by atoms with Crippen molar-refractivity contribution in [1.29, 1.82) is 0 Å². The van der Waals surface area contributed by atoms with Crippen molar-refractivity contribution >= 4 is 5.91 Å². The Hall–Kier alpha value is -2.17. The molecule has 5 nitrogen and oxygen atoms in total. The van der Waals surface area contributed by atoms with Gasteiger partial charge < -0.3 is 9.42 Å². The lowest BCUT2D eigenvalue weighted by Crippen LogP contribution is -2.23. The Bertz CT molecular complexity index is 646. The molecule has 2 aromatic rings. The Kier molecular flexibility index (Phi) is 2.21. The number of carbonyl (C=O) groups is 1. The lowest BCUT2D eigenvalue weighted by atomic mass is 10.1. The van der Waals surface area contributed by atoms with Crippen LogP contribution in [-0.2, 0) is 13.1 Å². The van der Waals surface area contributed by atoms with Crippen LogP contribution in [0.2, 0.25) is 0 Å². The van der Waals surface area contributed by atoms with Crippen LogP contribution in [0.5, 0.6) is 0 Å². The summed E-state index contributed by atoms with van der Waals surface area (Å²) in [7, 11) is 0. The van der Waals surface area contributed by atoms with E-state index in [-0.39, 0.29) is 5.91 Å². The molecule has 0 N–H and O–H groups in total. The standard InChI is InChI=1S/C14H13N3O2/c18-14-11-4-2-1-3-10(11)7-17(14)8-12-15-13(16-19-12)9-5-6-9/h1-4,9H,5-8H2. The summed E-state index contributed by atoms with van der Waals surface area (Å²) in [5.41, 5.74) is 1.85. The van der Waals surface area contributed by atoms with E-state index in [1.165, 1.54) is 0 Å². The Labute approximate surface area is 110 Å². The molecule has 0 radical (unpaired) electrons. The topological polar surface area (TPSA) is 59.2 Å². The van der Waals surface area contributed by atoms with Crippen molar-refractivity contribution in [3.05, 3.63) is 47.1 Å². The van der Waals surface area contributed by atoms with Crippen LogP contribution in [-0.4, -0.2) is 20.9 Å². The van der Waals surface area contributed by atoms with Gasteiger partial charge in [-0.1, -0.05) is 23.4 Å². The molecule has 1 aromatic heterocycles. The maximum Gasteiger partial charge on any atom is 0.254 e. The van der Waals surface area contributed by atoms with Gasteiger partial charge in [-0.25, -0.2) is 0 Å². The molecule has 4 rings (SSSR count). The molecule has 5 heteroatoms. The highest BCUT2D eigenvalue weighted by Gasteiger charge is 2.31. The third-order valence-electron chi connectivity index (χ3n) is 3.65. The second kappa shape index (κ2) is 3.91. The quantitative estimate of drug-likeness (QED) is 0.842. The van der Waals surface area contributed by atoms with Gasteiger partial charge in [0, 0.05) is 18.0 Å². The van der Waals surface area contributed by atoms with Crippen molar-refractivity contribution in [3.63, 3.8) is 0 Å². The first-order valence-corrected chi connectivity index (χ1v) is 6.51. The molecule has 2 heterocycles. The van der Waals surface area contributed by atoms with Crippen molar-refractivity contribution < 1.29 is 9.32 Å². The number of hydrogen-bond acceptors (Lipinski definition) is 4. The Morgan fingerprint density at radius 3 is 2.95 bits per heavy atom. The summed E-state index contributed by atoms with van der Waals surface area (Å²) >= 11 is 0. The number of carbonyl (C=O) groups excluding carboxylic acids is 1. The van der Waals surface area contributed by atoms with Gasteiger partial charge in [0.1, 0.15) is 6.54 Å². The van der Waals surface area contributed by atoms with E-state index < -0.39 is 0 Å². The minimum absolute atomic E-state index is 0.0433. The van der Waals surface area contributed by atoms with Gasteiger partial charge in [0.15, 0.2) is 5.82 Å².